The fraction of sp³-hybridized carbons (Fsp3) is 0.357. The zero-order chi connectivity index (χ0) is 14.0. The number of aryl methyl sites for hydroxylation is 2. The SMILES string of the molecule is CCC(C(=O)O)n1nncc1-c1ccc(C)c(C)c1. The van der Waals surface area contributed by atoms with E-state index in [1.807, 2.05) is 39.0 Å². The van der Waals surface area contributed by atoms with Gasteiger partial charge in [0.15, 0.2) is 6.04 Å². The van der Waals surface area contributed by atoms with Gasteiger partial charge < -0.3 is 5.11 Å². The van der Waals surface area contributed by atoms with Crippen LogP contribution >= 0.6 is 0 Å². The lowest BCUT2D eigenvalue weighted by atomic mass is 10.0. The van der Waals surface area contributed by atoms with Crippen LogP contribution in [0.15, 0.2) is 24.4 Å². The Morgan fingerprint density at radius 2 is 2.11 bits per heavy atom. The normalized spacial score (nSPS) is 12.4. The molecule has 100 valence electrons. The van der Waals surface area contributed by atoms with Crippen LogP contribution in [0.4, 0.5) is 0 Å². The number of carboxylic acid groups (broad SMARTS) is 1. The van der Waals surface area contributed by atoms with Gasteiger partial charge in [0.2, 0.25) is 0 Å². The lowest BCUT2D eigenvalue weighted by molar-refractivity contribution is -0.141. The van der Waals surface area contributed by atoms with Gasteiger partial charge in [-0.25, -0.2) is 9.48 Å². The minimum Gasteiger partial charge on any atom is -0.480 e. The van der Waals surface area contributed by atoms with Crippen LogP contribution in [-0.4, -0.2) is 26.1 Å². The van der Waals surface area contributed by atoms with E-state index in [0.717, 1.165) is 16.8 Å². The van der Waals surface area contributed by atoms with Crippen molar-refractivity contribution in [2.24, 2.45) is 0 Å². The lowest BCUT2D eigenvalue weighted by Crippen LogP contribution is -2.20. The molecule has 0 radical (unpaired) electrons. The lowest BCUT2D eigenvalue weighted by Gasteiger charge is -2.13. The number of aromatic nitrogens is 3. The maximum Gasteiger partial charge on any atom is 0.328 e. The standard InChI is InChI=1S/C14H17N3O2/c1-4-12(14(18)19)17-13(8-15-16-17)11-6-5-9(2)10(3)7-11/h5-8,12H,4H2,1-3H3,(H,18,19). The molecule has 1 heterocycles. The fourth-order valence-corrected chi connectivity index (χ4v) is 2.03. The topological polar surface area (TPSA) is 68.0 Å². The molecule has 2 aromatic rings. The first-order valence-corrected chi connectivity index (χ1v) is 6.25. The Morgan fingerprint density at radius 3 is 2.68 bits per heavy atom. The van der Waals surface area contributed by atoms with Crippen LogP contribution in [-0.2, 0) is 4.79 Å². The van der Waals surface area contributed by atoms with Crippen molar-refractivity contribution in [3.05, 3.63) is 35.5 Å². The third-order valence-corrected chi connectivity index (χ3v) is 3.34. The molecule has 19 heavy (non-hydrogen) atoms. The average molecular weight is 259 g/mol. The van der Waals surface area contributed by atoms with Crippen molar-refractivity contribution in [2.45, 2.75) is 33.2 Å². The molecule has 1 atom stereocenters. The maximum atomic E-state index is 11.2. The third-order valence-electron chi connectivity index (χ3n) is 3.34. The molecule has 0 bridgehead atoms. The van der Waals surface area contributed by atoms with Gasteiger partial charge in [0.1, 0.15) is 0 Å². The Bertz CT molecular complexity index is 604. The Hall–Kier alpha value is -2.17. The molecule has 0 aliphatic rings. The van der Waals surface area contributed by atoms with Crippen molar-refractivity contribution in [1.29, 1.82) is 0 Å². The molecule has 0 amide bonds. The van der Waals surface area contributed by atoms with Gasteiger partial charge in [-0.15, -0.1) is 5.10 Å². The molecule has 5 nitrogen and oxygen atoms in total. The molecule has 0 fully saturated rings. The van der Waals surface area contributed by atoms with E-state index >= 15 is 0 Å². The second kappa shape index (κ2) is 5.22. The Morgan fingerprint density at radius 1 is 1.37 bits per heavy atom. The van der Waals surface area contributed by atoms with Gasteiger partial charge in [0.05, 0.1) is 11.9 Å². The molecule has 0 aliphatic heterocycles. The molecule has 0 saturated carbocycles. The highest BCUT2D eigenvalue weighted by atomic mass is 16.4. The van der Waals surface area contributed by atoms with Crippen LogP contribution in [0.2, 0.25) is 0 Å². The van der Waals surface area contributed by atoms with E-state index in [0.29, 0.717) is 6.42 Å². The number of carboxylic acids is 1. The van der Waals surface area contributed by atoms with E-state index < -0.39 is 12.0 Å². The molecular weight excluding hydrogens is 242 g/mol. The summed E-state index contributed by atoms with van der Waals surface area (Å²) in [6.45, 7) is 5.90. The van der Waals surface area contributed by atoms with Crippen LogP contribution in [0.25, 0.3) is 11.3 Å². The Kier molecular flexibility index (Phi) is 3.64. The second-order valence-corrected chi connectivity index (χ2v) is 4.63. The first-order chi connectivity index (χ1) is 9.04. The van der Waals surface area contributed by atoms with Crippen LogP contribution in [0, 0.1) is 13.8 Å². The smallest absolute Gasteiger partial charge is 0.328 e. The zero-order valence-electron chi connectivity index (χ0n) is 11.3. The van der Waals surface area contributed by atoms with E-state index in [4.69, 9.17) is 0 Å². The van der Waals surface area contributed by atoms with E-state index in [2.05, 4.69) is 10.3 Å². The number of hydrogen-bond acceptors (Lipinski definition) is 3. The summed E-state index contributed by atoms with van der Waals surface area (Å²) in [6.07, 6.45) is 2.08. The summed E-state index contributed by atoms with van der Waals surface area (Å²) < 4.78 is 1.48. The highest BCUT2D eigenvalue weighted by Gasteiger charge is 2.22. The molecule has 2 rings (SSSR count). The first kappa shape index (κ1) is 13.3. The van der Waals surface area contributed by atoms with Crippen molar-refractivity contribution in [1.82, 2.24) is 15.0 Å². The quantitative estimate of drug-likeness (QED) is 0.916. The minimum atomic E-state index is -0.891. The maximum absolute atomic E-state index is 11.2. The molecule has 1 aromatic carbocycles. The summed E-state index contributed by atoms with van der Waals surface area (Å²) in [5.74, 6) is -0.891. The van der Waals surface area contributed by atoms with Crippen LogP contribution in [0.5, 0.6) is 0 Å². The molecule has 0 saturated heterocycles. The Balaban J connectivity index is 2.49. The van der Waals surface area contributed by atoms with Crippen LogP contribution in [0.1, 0.15) is 30.5 Å². The predicted octanol–water partition coefficient (Wildman–Crippen LogP) is 2.60. The van der Waals surface area contributed by atoms with E-state index in [-0.39, 0.29) is 0 Å². The van der Waals surface area contributed by atoms with E-state index in [1.54, 1.807) is 6.20 Å². The molecule has 0 spiro atoms. The van der Waals surface area contributed by atoms with Gasteiger partial charge in [-0.1, -0.05) is 24.3 Å². The van der Waals surface area contributed by atoms with Gasteiger partial charge in [-0.2, -0.15) is 0 Å². The van der Waals surface area contributed by atoms with E-state index in [1.165, 1.54) is 10.2 Å². The Labute approximate surface area is 111 Å². The monoisotopic (exact) mass is 259 g/mol. The zero-order valence-corrected chi connectivity index (χ0v) is 11.3. The number of hydrogen-bond donors (Lipinski definition) is 1. The van der Waals surface area contributed by atoms with Gasteiger partial charge in [-0.05, 0) is 37.5 Å². The van der Waals surface area contributed by atoms with E-state index in [9.17, 15) is 9.90 Å². The summed E-state index contributed by atoms with van der Waals surface area (Å²) in [5, 5.41) is 17.0. The van der Waals surface area contributed by atoms with Crippen LogP contribution in [0.3, 0.4) is 0 Å². The largest absolute Gasteiger partial charge is 0.480 e. The average Bonchev–Trinajstić information content (AvgIpc) is 2.82. The number of benzene rings is 1. The van der Waals surface area contributed by atoms with Crippen molar-refractivity contribution >= 4 is 5.97 Å². The molecule has 1 unspecified atom stereocenters. The van der Waals surface area contributed by atoms with Gasteiger partial charge in [0.25, 0.3) is 0 Å². The number of aliphatic carboxylic acids is 1. The summed E-state index contributed by atoms with van der Waals surface area (Å²) >= 11 is 0. The molecule has 0 aliphatic carbocycles. The van der Waals surface area contributed by atoms with Gasteiger partial charge >= 0.3 is 5.97 Å². The summed E-state index contributed by atoms with van der Waals surface area (Å²) in [4.78, 5) is 11.2. The number of nitrogens with zero attached hydrogens (tertiary/aromatic N) is 3. The van der Waals surface area contributed by atoms with Crippen molar-refractivity contribution in [2.75, 3.05) is 0 Å². The molecule has 1 aromatic heterocycles. The van der Waals surface area contributed by atoms with Crippen LogP contribution < -0.4 is 0 Å². The summed E-state index contributed by atoms with van der Waals surface area (Å²) in [5.41, 5.74) is 4.03. The van der Waals surface area contributed by atoms with Crippen molar-refractivity contribution < 1.29 is 9.90 Å². The summed E-state index contributed by atoms with van der Waals surface area (Å²) in [6, 6.07) is 5.33. The highest BCUT2D eigenvalue weighted by Crippen LogP contribution is 2.24. The molecule has 5 heteroatoms. The molecular formula is C14H17N3O2. The van der Waals surface area contributed by atoms with Gasteiger partial charge in [-0.3, -0.25) is 0 Å². The summed E-state index contributed by atoms with van der Waals surface area (Å²) in [7, 11) is 0. The third kappa shape index (κ3) is 2.50. The first-order valence-electron chi connectivity index (χ1n) is 6.25. The predicted molar refractivity (Wildman–Crippen MR) is 71.9 cm³/mol. The fourth-order valence-electron chi connectivity index (χ4n) is 2.03. The van der Waals surface area contributed by atoms with Crippen molar-refractivity contribution in [3.63, 3.8) is 0 Å². The minimum absolute atomic E-state index is 0.469. The number of rotatable bonds is 4. The highest BCUT2D eigenvalue weighted by molar-refractivity contribution is 5.73. The molecule has 1 N–H and O–H groups in total. The van der Waals surface area contributed by atoms with Crippen molar-refractivity contribution in [3.8, 4) is 11.3 Å². The second-order valence-electron chi connectivity index (χ2n) is 4.63. The van der Waals surface area contributed by atoms with Gasteiger partial charge in [0, 0.05) is 5.56 Å². The number of carbonyl (C=O) groups is 1.